The van der Waals surface area contributed by atoms with E-state index in [-0.39, 0.29) is 43.1 Å². The Balaban J connectivity index is 0.00000432. The maximum absolute atomic E-state index is 12.2. The Labute approximate surface area is 221 Å². The topological polar surface area (TPSA) is 109 Å². The van der Waals surface area contributed by atoms with Gasteiger partial charge >= 0.3 is 25.0 Å². The third-order valence-electron chi connectivity index (χ3n) is 6.47. The van der Waals surface area contributed by atoms with Gasteiger partial charge in [0.2, 0.25) is 0 Å². The molecule has 0 bridgehead atoms. The predicted molar refractivity (Wildman–Crippen MR) is 127 cm³/mol. The van der Waals surface area contributed by atoms with Gasteiger partial charge in [-0.25, -0.2) is 4.79 Å². The van der Waals surface area contributed by atoms with Crippen molar-refractivity contribution in [3.8, 4) is 5.75 Å². The summed E-state index contributed by atoms with van der Waals surface area (Å²) >= 11 is 0. The van der Waals surface area contributed by atoms with Gasteiger partial charge < -0.3 is 34.7 Å². The van der Waals surface area contributed by atoms with Gasteiger partial charge in [0.25, 0.3) is 0 Å². The number of rotatable bonds is 8. The van der Waals surface area contributed by atoms with E-state index in [1.54, 1.807) is 0 Å². The van der Waals surface area contributed by atoms with Gasteiger partial charge in [0.15, 0.2) is 0 Å². The van der Waals surface area contributed by atoms with Crippen molar-refractivity contribution < 1.29 is 47.8 Å². The van der Waals surface area contributed by atoms with E-state index in [0.717, 1.165) is 50.6 Å². The van der Waals surface area contributed by atoms with Gasteiger partial charge in [-0.2, -0.15) is 0 Å². The van der Waals surface area contributed by atoms with Crippen LogP contribution in [0.2, 0.25) is 0 Å². The Hall–Kier alpha value is -1.72. The molecule has 1 amide bonds. The molecule has 1 aliphatic heterocycles. The largest absolute Gasteiger partial charge is 1.00 e. The molecule has 1 saturated carbocycles. The van der Waals surface area contributed by atoms with E-state index in [4.69, 9.17) is 14.2 Å². The fraction of sp³-hybridized carbons (Fsp3) is 0.692. The summed E-state index contributed by atoms with van der Waals surface area (Å²) in [6.45, 7) is 8.51. The van der Waals surface area contributed by atoms with E-state index in [2.05, 4.69) is 10.6 Å². The number of carbonyl (C=O) groups is 2. The second kappa shape index (κ2) is 13.5. The molecule has 190 valence electrons. The zero-order valence-electron chi connectivity index (χ0n) is 21.8. The van der Waals surface area contributed by atoms with Crippen LogP contribution in [0.3, 0.4) is 0 Å². The monoisotopic (exact) mass is 482 g/mol. The Bertz CT molecular complexity index is 822. The molecule has 3 atom stereocenters. The number of carboxylic acid groups (broad SMARTS) is 1. The molecule has 1 heterocycles. The molecule has 35 heavy (non-hydrogen) atoms. The summed E-state index contributed by atoms with van der Waals surface area (Å²) in [4.78, 5) is 23.3. The zero-order valence-corrected chi connectivity index (χ0v) is 21.8. The number of nitrogens with one attached hydrogen (secondary N) is 2. The van der Waals surface area contributed by atoms with Crippen LogP contribution in [0.15, 0.2) is 24.3 Å². The maximum Gasteiger partial charge on any atom is 1.00 e. The Kier molecular flexibility index (Phi) is 11.4. The van der Waals surface area contributed by atoms with Crippen molar-refractivity contribution in [2.75, 3.05) is 13.2 Å². The molecular formula is C26H39LiN2O6. The minimum Gasteiger partial charge on any atom is -0.546 e. The average molecular weight is 483 g/mol. The van der Waals surface area contributed by atoms with E-state index >= 15 is 0 Å². The molecule has 1 unspecified atom stereocenters. The van der Waals surface area contributed by atoms with Crippen molar-refractivity contribution in [3.63, 3.8) is 0 Å². The summed E-state index contributed by atoms with van der Waals surface area (Å²) in [7, 11) is 0. The minimum atomic E-state index is -1.22. The van der Waals surface area contributed by atoms with Gasteiger partial charge in [0.1, 0.15) is 17.5 Å². The molecule has 9 heteroatoms. The summed E-state index contributed by atoms with van der Waals surface area (Å²) in [5.74, 6) is -0.298. The molecule has 2 N–H and O–H groups in total. The van der Waals surface area contributed by atoms with Crippen LogP contribution in [0, 0.1) is 0 Å². The Morgan fingerprint density at radius 1 is 1.14 bits per heavy atom. The van der Waals surface area contributed by atoms with Gasteiger partial charge in [-0.15, -0.1) is 0 Å². The standard InChI is InChI=1S/C26H40N2O6.Li/c1-17(24(29)30)33-23-10-6-5-8-20(23)18-11-13-19(14-12-18)32-16-22-21(9-7-15-27-22)28-25(31)34-26(2,3)4;/h5-6,8,10,17-19,21-22,27H,7,9,11-16H2,1-4H3,(H,28,31)(H,29,30);/q;+1/p-1/t17-,18?,19?,21?,22+;/m1./s1. The molecule has 1 aromatic carbocycles. The zero-order chi connectivity index (χ0) is 24.7. The maximum atomic E-state index is 12.2. The van der Waals surface area contributed by atoms with Crippen LogP contribution in [0.25, 0.3) is 0 Å². The van der Waals surface area contributed by atoms with E-state index < -0.39 is 17.7 Å². The second-order valence-electron chi connectivity index (χ2n) is 10.4. The van der Waals surface area contributed by atoms with E-state index in [1.165, 1.54) is 6.92 Å². The first-order valence-corrected chi connectivity index (χ1v) is 12.4. The first-order chi connectivity index (χ1) is 16.1. The molecule has 0 radical (unpaired) electrons. The number of hydrogen-bond donors (Lipinski definition) is 2. The molecular weight excluding hydrogens is 443 g/mol. The number of carbonyl (C=O) groups excluding carboxylic acids is 2. The molecule has 2 fully saturated rings. The van der Waals surface area contributed by atoms with Crippen LogP contribution < -0.4 is 39.3 Å². The van der Waals surface area contributed by atoms with Crippen molar-refractivity contribution in [3.05, 3.63) is 29.8 Å². The van der Waals surface area contributed by atoms with Gasteiger partial charge in [-0.3, -0.25) is 0 Å². The summed E-state index contributed by atoms with van der Waals surface area (Å²) in [5.41, 5.74) is 0.521. The van der Waals surface area contributed by atoms with Crippen LogP contribution in [0.5, 0.6) is 5.75 Å². The molecule has 1 aromatic rings. The summed E-state index contributed by atoms with van der Waals surface area (Å²) < 4.78 is 17.3. The number of carboxylic acids is 1. The molecule has 0 spiro atoms. The van der Waals surface area contributed by atoms with Gasteiger partial charge in [-0.05, 0) is 90.3 Å². The quantitative estimate of drug-likeness (QED) is 0.498. The third kappa shape index (κ3) is 9.34. The average Bonchev–Trinajstić information content (AvgIpc) is 2.78. The Morgan fingerprint density at radius 2 is 1.83 bits per heavy atom. The van der Waals surface area contributed by atoms with Crippen LogP contribution in [-0.2, 0) is 14.3 Å². The fourth-order valence-corrected chi connectivity index (χ4v) is 4.70. The molecule has 0 aromatic heterocycles. The van der Waals surface area contributed by atoms with Crippen molar-refractivity contribution in [1.29, 1.82) is 0 Å². The summed E-state index contributed by atoms with van der Waals surface area (Å²) in [6.07, 6.45) is 4.42. The number of ether oxygens (including phenoxy) is 3. The van der Waals surface area contributed by atoms with Gasteiger partial charge in [0.05, 0.1) is 24.7 Å². The molecule has 2 aliphatic rings. The number of benzene rings is 1. The first kappa shape index (κ1) is 29.5. The van der Waals surface area contributed by atoms with Crippen molar-refractivity contribution in [2.45, 2.75) is 102 Å². The van der Waals surface area contributed by atoms with Crippen LogP contribution in [0.1, 0.15) is 77.7 Å². The normalized spacial score (nSPS) is 25.6. The van der Waals surface area contributed by atoms with Gasteiger partial charge in [-0.1, -0.05) is 18.2 Å². The third-order valence-corrected chi connectivity index (χ3v) is 6.47. The predicted octanol–water partition coefficient (Wildman–Crippen LogP) is -0.104. The van der Waals surface area contributed by atoms with Crippen LogP contribution in [-0.4, -0.2) is 55.1 Å². The summed E-state index contributed by atoms with van der Waals surface area (Å²) in [5, 5.41) is 17.6. The van der Waals surface area contributed by atoms with Gasteiger partial charge in [0, 0.05) is 6.04 Å². The van der Waals surface area contributed by atoms with Crippen LogP contribution in [0.4, 0.5) is 4.79 Å². The molecule has 3 rings (SSSR count). The Morgan fingerprint density at radius 3 is 2.49 bits per heavy atom. The second-order valence-corrected chi connectivity index (χ2v) is 10.4. The van der Waals surface area contributed by atoms with Crippen molar-refractivity contribution in [1.82, 2.24) is 10.6 Å². The molecule has 1 aliphatic carbocycles. The molecule has 8 nitrogen and oxygen atoms in total. The summed E-state index contributed by atoms with van der Waals surface area (Å²) in [6, 6.07) is 7.69. The van der Waals surface area contributed by atoms with E-state index in [0.29, 0.717) is 18.3 Å². The fourth-order valence-electron chi connectivity index (χ4n) is 4.70. The number of piperidine rings is 1. The number of hydrogen-bond acceptors (Lipinski definition) is 7. The molecule has 1 saturated heterocycles. The van der Waals surface area contributed by atoms with Crippen LogP contribution >= 0.6 is 0 Å². The number of para-hydroxylation sites is 1. The minimum absolute atomic E-state index is 0. The van der Waals surface area contributed by atoms with Crippen molar-refractivity contribution >= 4 is 12.1 Å². The van der Waals surface area contributed by atoms with E-state index in [9.17, 15) is 14.7 Å². The first-order valence-electron chi connectivity index (χ1n) is 12.4. The SMILES string of the molecule is C[C@@H](Oc1ccccc1C1CCC(OC[C@@H]2NCCCC2NC(=O)OC(C)(C)C)CC1)C(=O)[O-].[Li+]. The van der Waals surface area contributed by atoms with Crippen molar-refractivity contribution in [2.24, 2.45) is 0 Å². The number of aliphatic carboxylic acids is 1. The number of amides is 1. The smallest absolute Gasteiger partial charge is 0.546 e. The van der Waals surface area contributed by atoms with E-state index in [1.807, 2.05) is 45.0 Å². The number of alkyl carbamates (subject to hydrolysis) is 1.